The van der Waals surface area contributed by atoms with Gasteiger partial charge in [-0.25, -0.2) is 9.98 Å². The molecule has 0 radical (unpaired) electrons. The number of aliphatic imine (C=N–C) groups is 2. The van der Waals surface area contributed by atoms with E-state index in [0.29, 0.717) is 21.8 Å². The Morgan fingerprint density at radius 3 is 1.33 bits per heavy atom. The molecule has 2 amide bonds. The van der Waals surface area contributed by atoms with Crippen LogP contribution in [0.25, 0.3) is 11.1 Å². The van der Waals surface area contributed by atoms with Gasteiger partial charge >= 0.3 is 0 Å². The van der Waals surface area contributed by atoms with E-state index in [1.54, 1.807) is 9.80 Å². The highest BCUT2D eigenvalue weighted by molar-refractivity contribution is 8.15. The number of nitrogens with zero attached hydrogens (tertiary/aromatic N) is 4. The van der Waals surface area contributed by atoms with E-state index in [1.165, 1.54) is 23.5 Å². The van der Waals surface area contributed by atoms with Gasteiger partial charge in [-0.15, -0.1) is 0 Å². The maximum atomic E-state index is 12.9. The van der Waals surface area contributed by atoms with Gasteiger partial charge in [0, 0.05) is 0 Å². The van der Waals surface area contributed by atoms with E-state index in [0.717, 1.165) is 56.1 Å². The van der Waals surface area contributed by atoms with Crippen LogP contribution in [0.3, 0.4) is 0 Å². The quantitative estimate of drug-likeness (QED) is 0.235. The van der Waals surface area contributed by atoms with Gasteiger partial charge < -0.3 is 0 Å². The van der Waals surface area contributed by atoms with E-state index in [4.69, 9.17) is 9.98 Å². The largest absolute Gasteiger partial charge is 0.273 e. The van der Waals surface area contributed by atoms with E-state index < -0.39 is 0 Å². The third-order valence-corrected chi connectivity index (χ3v) is 9.25. The number of amides is 2. The van der Waals surface area contributed by atoms with Gasteiger partial charge in [0.15, 0.2) is 10.3 Å². The maximum Gasteiger partial charge on any atom is 0.243 e. The SMILES string of the molecule is Cc1ccccc1N=C1SCC(=O)N1c1ccc(-c2ccc(N3C(=O)CSC3=Nc3ccccc3C)c(C)c2)cc1C. The predicted octanol–water partition coefficient (Wildman–Crippen LogP) is 8.12. The number of carbonyl (C=O) groups is 2. The normalized spacial score (nSPS) is 17.2. The van der Waals surface area contributed by atoms with Crippen LogP contribution in [-0.4, -0.2) is 33.7 Å². The molecule has 210 valence electrons. The summed E-state index contributed by atoms with van der Waals surface area (Å²) in [6, 6.07) is 28.2. The van der Waals surface area contributed by atoms with Crippen molar-refractivity contribution in [2.24, 2.45) is 9.98 Å². The number of hydrogen-bond donors (Lipinski definition) is 0. The van der Waals surface area contributed by atoms with Crippen molar-refractivity contribution in [3.63, 3.8) is 0 Å². The molecule has 0 aromatic heterocycles. The van der Waals surface area contributed by atoms with Crippen molar-refractivity contribution >= 4 is 68.4 Å². The number of carbonyl (C=O) groups excluding carboxylic acids is 2. The summed E-state index contributed by atoms with van der Waals surface area (Å²) >= 11 is 2.93. The molecular formula is C34H30N4O2S2. The molecule has 0 aliphatic carbocycles. The van der Waals surface area contributed by atoms with Crippen molar-refractivity contribution in [1.82, 2.24) is 0 Å². The molecular weight excluding hydrogens is 561 g/mol. The standard InChI is InChI=1S/C34H30N4O2S2/c1-21-9-5-7-11-27(21)35-33-37(31(39)19-41-33)29-15-13-25(17-23(29)3)26-14-16-30(24(4)18-26)38-32(40)20-42-34(38)36-28-12-8-6-10-22(28)2/h5-18H,19-20H2,1-4H3. The first-order valence-corrected chi connectivity index (χ1v) is 15.7. The fraction of sp³-hybridized carbons (Fsp3) is 0.176. The lowest BCUT2D eigenvalue weighted by Crippen LogP contribution is -2.30. The van der Waals surface area contributed by atoms with Crippen LogP contribution >= 0.6 is 23.5 Å². The number of hydrogen-bond acceptors (Lipinski definition) is 6. The van der Waals surface area contributed by atoms with Crippen LogP contribution in [-0.2, 0) is 9.59 Å². The fourth-order valence-corrected chi connectivity index (χ4v) is 6.87. The molecule has 42 heavy (non-hydrogen) atoms. The van der Waals surface area contributed by atoms with E-state index in [1.807, 2.05) is 100 Å². The lowest BCUT2D eigenvalue weighted by Gasteiger charge is -2.21. The summed E-state index contributed by atoms with van der Waals surface area (Å²) in [5, 5.41) is 1.39. The van der Waals surface area contributed by atoms with Crippen LogP contribution in [0.15, 0.2) is 94.9 Å². The Morgan fingerprint density at radius 1 is 0.548 bits per heavy atom. The molecule has 6 rings (SSSR count). The molecule has 2 fully saturated rings. The molecule has 0 saturated carbocycles. The Balaban J connectivity index is 1.29. The first kappa shape index (κ1) is 28.0. The Labute approximate surface area is 254 Å². The van der Waals surface area contributed by atoms with Gasteiger partial charge in [-0.1, -0.05) is 72.1 Å². The second-order valence-electron chi connectivity index (χ2n) is 10.4. The third kappa shape index (κ3) is 5.40. The molecule has 2 saturated heterocycles. The first-order chi connectivity index (χ1) is 20.3. The molecule has 0 atom stereocenters. The first-order valence-electron chi connectivity index (χ1n) is 13.7. The summed E-state index contributed by atoms with van der Waals surface area (Å²) in [7, 11) is 0. The van der Waals surface area contributed by atoms with Crippen molar-refractivity contribution in [3.8, 4) is 11.1 Å². The fourth-order valence-electron chi connectivity index (χ4n) is 5.12. The van der Waals surface area contributed by atoms with Gasteiger partial charge in [0.25, 0.3) is 0 Å². The average Bonchev–Trinajstić information content (AvgIpc) is 3.52. The number of thioether (sulfide) groups is 2. The van der Waals surface area contributed by atoms with E-state index in [2.05, 4.69) is 12.1 Å². The number of amidine groups is 2. The van der Waals surface area contributed by atoms with Gasteiger partial charge in [0.2, 0.25) is 11.8 Å². The zero-order valence-electron chi connectivity index (χ0n) is 23.9. The van der Waals surface area contributed by atoms with Gasteiger partial charge in [-0.3, -0.25) is 19.4 Å². The molecule has 2 aliphatic heterocycles. The Morgan fingerprint density at radius 2 is 0.952 bits per heavy atom. The topological polar surface area (TPSA) is 65.3 Å². The molecule has 0 N–H and O–H groups in total. The summed E-state index contributed by atoms with van der Waals surface area (Å²) in [6.07, 6.45) is 0. The van der Waals surface area contributed by atoms with Crippen molar-refractivity contribution in [2.75, 3.05) is 21.3 Å². The summed E-state index contributed by atoms with van der Waals surface area (Å²) in [6.45, 7) is 8.09. The molecule has 0 bridgehead atoms. The molecule has 4 aromatic rings. The lowest BCUT2D eigenvalue weighted by molar-refractivity contribution is -0.115. The smallest absolute Gasteiger partial charge is 0.243 e. The van der Waals surface area contributed by atoms with Gasteiger partial charge in [0.05, 0.1) is 34.3 Å². The van der Waals surface area contributed by atoms with Crippen LogP contribution in [0, 0.1) is 27.7 Å². The summed E-state index contributed by atoms with van der Waals surface area (Å²) < 4.78 is 0. The number of rotatable bonds is 5. The second kappa shape index (κ2) is 11.6. The summed E-state index contributed by atoms with van der Waals surface area (Å²) in [5.74, 6) is 0.795. The maximum absolute atomic E-state index is 12.9. The van der Waals surface area contributed by atoms with Gasteiger partial charge in [-0.05, 0) is 97.5 Å². The Hall–Kier alpha value is -4.14. The van der Waals surface area contributed by atoms with E-state index >= 15 is 0 Å². The van der Waals surface area contributed by atoms with Crippen LogP contribution in [0.1, 0.15) is 22.3 Å². The highest BCUT2D eigenvalue weighted by Crippen LogP contribution is 2.37. The average molecular weight is 591 g/mol. The highest BCUT2D eigenvalue weighted by atomic mass is 32.2. The molecule has 2 heterocycles. The molecule has 0 unspecified atom stereocenters. The zero-order valence-corrected chi connectivity index (χ0v) is 25.6. The minimum absolute atomic E-state index is 0.0275. The molecule has 6 nitrogen and oxygen atoms in total. The third-order valence-electron chi connectivity index (χ3n) is 7.40. The van der Waals surface area contributed by atoms with Crippen LogP contribution in [0.2, 0.25) is 0 Å². The van der Waals surface area contributed by atoms with Crippen molar-refractivity contribution in [1.29, 1.82) is 0 Å². The number of anilines is 2. The molecule has 2 aliphatic rings. The Kier molecular flexibility index (Phi) is 7.75. The van der Waals surface area contributed by atoms with Crippen LogP contribution in [0.4, 0.5) is 22.7 Å². The number of benzene rings is 4. The monoisotopic (exact) mass is 590 g/mol. The van der Waals surface area contributed by atoms with Gasteiger partial charge in [-0.2, -0.15) is 0 Å². The summed E-state index contributed by atoms with van der Waals surface area (Å²) in [5.41, 5.74) is 9.60. The molecule has 8 heteroatoms. The van der Waals surface area contributed by atoms with Gasteiger partial charge in [0.1, 0.15) is 0 Å². The minimum atomic E-state index is 0.0275. The number of aryl methyl sites for hydroxylation is 4. The van der Waals surface area contributed by atoms with E-state index in [9.17, 15) is 9.59 Å². The van der Waals surface area contributed by atoms with Crippen molar-refractivity contribution in [2.45, 2.75) is 27.7 Å². The zero-order chi connectivity index (χ0) is 29.4. The van der Waals surface area contributed by atoms with Crippen molar-refractivity contribution < 1.29 is 9.59 Å². The summed E-state index contributed by atoms with van der Waals surface area (Å²) in [4.78, 5) is 39.0. The minimum Gasteiger partial charge on any atom is -0.273 e. The second-order valence-corrected chi connectivity index (χ2v) is 12.3. The highest BCUT2D eigenvalue weighted by Gasteiger charge is 2.32. The van der Waals surface area contributed by atoms with Crippen LogP contribution < -0.4 is 9.80 Å². The Bertz CT molecular complexity index is 1670. The number of para-hydroxylation sites is 2. The van der Waals surface area contributed by atoms with E-state index in [-0.39, 0.29) is 11.8 Å². The van der Waals surface area contributed by atoms with Crippen molar-refractivity contribution in [3.05, 3.63) is 107 Å². The molecule has 0 spiro atoms. The molecule has 4 aromatic carbocycles. The van der Waals surface area contributed by atoms with Crippen LogP contribution in [0.5, 0.6) is 0 Å². The predicted molar refractivity (Wildman–Crippen MR) is 178 cm³/mol. The lowest BCUT2D eigenvalue weighted by atomic mass is 9.99.